The number of halogens is 3. The maximum absolute atomic E-state index is 13.9. The Balaban J connectivity index is 1.58. The van der Waals surface area contributed by atoms with Crippen molar-refractivity contribution in [3.63, 3.8) is 0 Å². The minimum Gasteiger partial charge on any atom is -0.383 e. The first-order chi connectivity index (χ1) is 14.4. The van der Waals surface area contributed by atoms with Gasteiger partial charge in [-0.3, -0.25) is 4.68 Å². The van der Waals surface area contributed by atoms with Gasteiger partial charge in [-0.05, 0) is 73.7 Å². The number of hydrogen-bond acceptors (Lipinski definition) is 4. The number of benzene rings is 1. The van der Waals surface area contributed by atoms with Gasteiger partial charge in [-0.2, -0.15) is 5.10 Å². The molecule has 3 heterocycles. The van der Waals surface area contributed by atoms with Crippen LogP contribution >= 0.6 is 23.2 Å². The van der Waals surface area contributed by atoms with Gasteiger partial charge >= 0.3 is 0 Å². The second-order valence-corrected chi connectivity index (χ2v) is 8.58. The minimum absolute atomic E-state index is 0.0541. The molecule has 1 aromatic carbocycles. The molecule has 1 unspecified atom stereocenters. The molecule has 1 atom stereocenters. The summed E-state index contributed by atoms with van der Waals surface area (Å²) in [6.07, 6.45) is 6.43. The number of hydrogen-bond donors (Lipinski definition) is 2. The number of piperidine rings is 1. The van der Waals surface area contributed by atoms with E-state index in [1.807, 2.05) is 29.9 Å². The second-order valence-electron chi connectivity index (χ2n) is 7.79. The summed E-state index contributed by atoms with van der Waals surface area (Å²) in [5, 5.41) is 8.64. The molecule has 0 spiro atoms. The van der Waals surface area contributed by atoms with Crippen LogP contribution in [0.25, 0.3) is 11.3 Å². The van der Waals surface area contributed by atoms with Crippen LogP contribution in [-0.2, 0) is 6.42 Å². The number of nitrogens with two attached hydrogens (primary N) is 1. The Bertz CT molecular complexity index is 1050. The van der Waals surface area contributed by atoms with E-state index < -0.39 is 5.82 Å². The summed E-state index contributed by atoms with van der Waals surface area (Å²) in [5.41, 5.74) is 9.33. The van der Waals surface area contributed by atoms with Gasteiger partial charge in [0.25, 0.3) is 0 Å². The number of aromatic nitrogens is 3. The van der Waals surface area contributed by atoms with Crippen LogP contribution in [0.5, 0.6) is 0 Å². The molecule has 30 heavy (non-hydrogen) atoms. The third kappa shape index (κ3) is 4.31. The van der Waals surface area contributed by atoms with E-state index in [2.05, 4.69) is 10.3 Å². The van der Waals surface area contributed by atoms with Crippen molar-refractivity contribution in [3.8, 4) is 11.3 Å². The van der Waals surface area contributed by atoms with Gasteiger partial charge in [0.1, 0.15) is 11.6 Å². The predicted octanol–water partition coefficient (Wildman–Crippen LogP) is 5.24. The van der Waals surface area contributed by atoms with Crippen molar-refractivity contribution in [2.24, 2.45) is 0 Å². The lowest BCUT2D eigenvalue weighted by atomic mass is 9.93. The molecule has 1 aliphatic rings. The quantitative estimate of drug-likeness (QED) is 0.524. The Morgan fingerprint density at radius 1 is 1.27 bits per heavy atom. The summed E-state index contributed by atoms with van der Waals surface area (Å²) < 4.78 is 16.0. The summed E-state index contributed by atoms with van der Waals surface area (Å²) in [7, 11) is 0. The Hall–Kier alpha value is -2.15. The molecule has 0 aliphatic carbocycles. The number of rotatable bonds is 5. The first-order valence-corrected chi connectivity index (χ1v) is 10.8. The molecule has 3 N–H and O–H groups in total. The van der Waals surface area contributed by atoms with E-state index in [0.717, 1.165) is 42.8 Å². The molecule has 0 radical (unpaired) electrons. The Morgan fingerprint density at radius 2 is 2.03 bits per heavy atom. The van der Waals surface area contributed by atoms with Crippen LogP contribution in [0.2, 0.25) is 10.0 Å². The van der Waals surface area contributed by atoms with Crippen molar-refractivity contribution >= 4 is 29.0 Å². The lowest BCUT2D eigenvalue weighted by Crippen LogP contribution is -2.29. The van der Waals surface area contributed by atoms with Crippen LogP contribution in [0.1, 0.15) is 42.9 Å². The Morgan fingerprint density at radius 3 is 2.80 bits per heavy atom. The predicted molar refractivity (Wildman–Crippen MR) is 120 cm³/mol. The van der Waals surface area contributed by atoms with E-state index in [-0.39, 0.29) is 10.9 Å². The van der Waals surface area contributed by atoms with E-state index in [1.165, 1.54) is 12.1 Å². The lowest BCUT2D eigenvalue weighted by Gasteiger charge is -2.22. The smallest absolute Gasteiger partial charge is 0.142 e. The molecule has 2 aromatic heterocycles. The standard InChI is InChI=1S/C22H24Cl2FN5/c1-13(20-17(23)2-3-18(25)21(20)24)10-14-11-15(12-28-22(14)26)19-6-9-30(29-19)16-4-7-27-8-5-16/h2-3,6,9,11-13,16,27H,4-5,7-8,10H2,1H3,(H2,26,28). The maximum atomic E-state index is 13.9. The van der Waals surface area contributed by atoms with E-state index in [1.54, 1.807) is 6.20 Å². The van der Waals surface area contributed by atoms with Gasteiger partial charge in [-0.1, -0.05) is 30.1 Å². The molecule has 1 fully saturated rings. The summed E-state index contributed by atoms with van der Waals surface area (Å²) in [4.78, 5) is 4.36. The minimum atomic E-state index is -0.480. The molecule has 5 nitrogen and oxygen atoms in total. The summed E-state index contributed by atoms with van der Waals surface area (Å²) in [5.74, 6) is -0.175. The van der Waals surface area contributed by atoms with Crippen molar-refractivity contribution in [1.82, 2.24) is 20.1 Å². The number of anilines is 1. The van der Waals surface area contributed by atoms with Crippen molar-refractivity contribution < 1.29 is 4.39 Å². The normalized spacial score (nSPS) is 16.0. The average molecular weight is 448 g/mol. The highest BCUT2D eigenvalue weighted by Crippen LogP contribution is 2.36. The van der Waals surface area contributed by atoms with E-state index >= 15 is 0 Å². The first kappa shape index (κ1) is 21.1. The van der Waals surface area contributed by atoms with Gasteiger partial charge in [0, 0.05) is 23.0 Å². The van der Waals surface area contributed by atoms with Crippen LogP contribution in [0.3, 0.4) is 0 Å². The largest absolute Gasteiger partial charge is 0.383 e. The molecular formula is C22H24Cl2FN5. The van der Waals surface area contributed by atoms with Crippen LogP contribution < -0.4 is 11.1 Å². The zero-order chi connectivity index (χ0) is 21.3. The number of nitrogen functional groups attached to an aromatic ring is 1. The highest BCUT2D eigenvalue weighted by Gasteiger charge is 2.20. The summed E-state index contributed by atoms with van der Waals surface area (Å²) in [6, 6.07) is 7.21. The Kier molecular flexibility index (Phi) is 6.27. The molecule has 158 valence electrons. The zero-order valence-corrected chi connectivity index (χ0v) is 18.2. The second kappa shape index (κ2) is 8.92. The van der Waals surface area contributed by atoms with Gasteiger partial charge in [-0.15, -0.1) is 0 Å². The third-order valence-corrected chi connectivity index (χ3v) is 6.40. The van der Waals surface area contributed by atoms with Crippen LogP contribution in [0.15, 0.2) is 36.7 Å². The topological polar surface area (TPSA) is 68.8 Å². The molecule has 1 saturated heterocycles. The molecule has 1 aliphatic heterocycles. The van der Waals surface area contributed by atoms with E-state index in [0.29, 0.717) is 28.9 Å². The fraction of sp³-hybridized carbons (Fsp3) is 0.364. The first-order valence-electron chi connectivity index (χ1n) is 10.1. The average Bonchev–Trinajstić information content (AvgIpc) is 3.24. The van der Waals surface area contributed by atoms with E-state index in [9.17, 15) is 4.39 Å². The molecule has 3 aromatic rings. The van der Waals surface area contributed by atoms with Crippen molar-refractivity contribution in [2.45, 2.75) is 38.1 Å². The van der Waals surface area contributed by atoms with Gasteiger partial charge in [-0.25, -0.2) is 9.37 Å². The molecule has 0 bridgehead atoms. The number of pyridine rings is 1. The van der Waals surface area contributed by atoms with Gasteiger partial charge < -0.3 is 11.1 Å². The van der Waals surface area contributed by atoms with Crippen molar-refractivity contribution in [2.75, 3.05) is 18.8 Å². The third-order valence-electron chi connectivity index (χ3n) is 5.69. The molecule has 0 amide bonds. The van der Waals surface area contributed by atoms with Crippen LogP contribution in [-0.4, -0.2) is 27.9 Å². The maximum Gasteiger partial charge on any atom is 0.142 e. The van der Waals surface area contributed by atoms with Gasteiger partial charge in [0.05, 0.1) is 16.8 Å². The Labute approximate surface area is 185 Å². The number of nitrogens with one attached hydrogen (secondary N) is 1. The zero-order valence-electron chi connectivity index (χ0n) is 16.7. The van der Waals surface area contributed by atoms with Crippen molar-refractivity contribution in [3.05, 3.63) is 63.6 Å². The van der Waals surface area contributed by atoms with Crippen molar-refractivity contribution in [1.29, 1.82) is 0 Å². The monoisotopic (exact) mass is 447 g/mol. The SMILES string of the molecule is CC(Cc1cc(-c2ccn(C3CCNCC3)n2)cnc1N)c1c(Cl)ccc(F)c1Cl. The summed E-state index contributed by atoms with van der Waals surface area (Å²) in [6.45, 7) is 3.97. The highest BCUT2D eigenvalue weighted by molar-refractivity contribution is 6.36. The van der Waals surface area contributed by atoms with Crippen LogP contribution in [0, 0.1) is 5.82 Å². The van der Waals surface area contributed by atoms with Gasteiger partial charge in [0.2, 0.25) is 0 Å². The molecular weight excluding hydrogens is 424 g/mol. The van der Waals surface area contributed by atoms with Crippen LogP contribution in [0.4, 0.5) is 10.2 Å². The number of nitrogens with zero attached hydrogens (tertiary/aromatic N) is 3. The molecule has 8 heteroatoms. The van der Waals surface area contributed by atoms with Gasteiger partial charge in [0.15, 0.2) is 0 Å². The molecule has 4 rings (SSSR count). The molecule has 0 saturated carbocycles. The fourth-order valence-electron chi connectivity index (χ4n) is 4.02. The van der Waals surface area contributed by atoms with E-state index in [4.69, 9.17) is 34.0 Å². The fourth-order valence-corrected chi connectivity index (χ4v) is 4.76. The highest BCUT2D eigenvalue weighted by atomic mass is 35.5. The lowest BCUT2D eigenvalue weighted by molar-refractivity contribution is 0.343. The summed E-state index contributed by atoms with van der Waals surface area (Å²) >= 11 is 12.5.